The molecule has 0 atom stereocenters. The van der Waals surface area contributed by atoms with Gasteiger partial charge in [-0.15, -0.1) is 6.58 Å². The maximum absolute atomic E-state index is 11.1. The predicted octanol–water partition coefficient (Wildman–Crippen LogP) is 1.62. The van der Waals surface area contributed by atoms with Crippen molar-refractivity contribution in [2.24, 2.45) is 0 Å². The van der Waals surface area contributed by atoms with Gasteiger partial charge < -0.3 is 33.2 Å². The molecule has 8 heteroatoms. The molecule has 0 rings (SSSR count). The highest BCUT2D eigenvalue weighted by atomic mass is 16.6. The van der Waals surface area contributed by atoms with Crippen molar-refractivity contribution in [1.82, 2.24) is 0 Å². The van der Waals surface area contributed by atoms with E-state index in [2.05, 4.69) is 6.58 Å². The van der Waals surface area contributed by atoms with E-state index in [9.17, 15) is 4.79 Å². The van der Waals surface area contributed by atoms with Gasteiger partial charge in [-0.1, -0.05) is 13.0 Å². The Kier molecular flexibility index (Phi) is 22.1. The molecule has 160 valence electrons. The summed E-state index contributed by atoms with van der Waals surface area (Å²) in [7, 11) is 0. The van der Waals surface area contributed by atoms with E-state index in [1.807, 2.05) is 6.92 Å². The molecule has 0 heterocycles. The molecule has 0 aliphatic carbocycles. The Labute approximate surface area is 163 Å². The third-order valence-electron chi connectivity index (χ3n) is 3.04. The predicted molar refractivity (Wildman–Crippen MR) is 101 cm³/mol. The van der Waals surface area contributed by atoms with Gasteiger partial charge in [-0.3, -0.25) is 4.79 Å². The number of hydrogen-bond acceptors (Lipinski definition) is 8. The molecule has 0 amide bonds. The van der Waals surface area contributed by atoms with Crippen LogP contribution in [-0.4, -0.2) is 91.9 Å². The van der Waals surface area contributed by atoms with Crippen molar-refractivity contribution in [3.8, 4) is 0 Å². The Morgan fingerprint density at radius 3 is 1.41 bits per heavy atom. The van der Waals surface area contributed by atoms with E-state index in [-0.39, 0.29) is 12.6 Å². The highest BCUT2D eigenvalue weighted by molar-refractivity contribution is 5.69. The number of rotatable bonds is 22. The zero-order valence-electron chi connectivity index (χ0n) is 16.7. The molecular weight excluding hydrogens is 356 g/mol. The molecule has 8 nitrogen and oxygen atoms in total. The van der Waals surface area contributed by atoms with Crippen LogP contribution in [0.25, 0.3) is 0 Å². The Balaban J connectivity index is 3.03. The van der Waals surface area contributed by atoms with Crippen molar-refractivity contribution >= 4 is 5.97 Å². The lowest BCUT2D eigenvalue weighted by atomic mass is 10.3. The Morgan fingerprint density at radius 2 is 1.04 bits per heavy atom. The summed E-state index contributed by atoms with van der Waals surface area (Å²) in [6, 6.07) is 0. The van der Waals surface area contributed by atoms with Crippen LogP contribution in [0.1, 0.15) is 19.8 Å². The van der Waals surface area contributed by atoms with Crippen LogP contribution in [0.5, 0.6) is 0 Å². The van der Waals surface area contributed by atoms with Gasteiger partial charge >= 0.3 is 5.97 Å². The first kappa shape index (κ1) is 26.0. The Bertz CT molecular complexity index is 325. The molecule has 0 saturated carbocycles. The molecule has 27 heavy (non-hydrogen) atoms. The van der Waals surface area contributed by atoms with Gasteiger partial charge in [-0.2, -0.15) is 0 Å². The number of ether oxygens (including phenoxy) is 7. The lowest BCUT2D eigenvalue weighted by Gasteiger charge is -2.08. The third-order valence-corrected chi connectivity index (χ3v) is 3.04. The minimum absolute atomic E-state index is 0.181. The van der Waals surface area contributed by atoms with Gasteiger partial charge in [0.1, 0.15) is 6.61 Å². The van der Waals surface area contributed by atoms with Crippen molar-refractivity contribution in [2.75, 3.05) is 85.9 Å². The van der Waals surface area contributed by atoms with E-state index in [1.54, 1.807) is 6.08 Å². The fourth-order valence-electron chi connectivity index (χ4n) is 1.76. The SMILES string of the molecule is C=CCOCCOCCOCCOCCOCCOCCOC(=O)CCC. The van der Waals surface area contributed by atoms with E-state index < -0.39 is 0 Å². The molecule has 0 aromatic heterocycles. The monoisotopic (exact) mass is 392 g/mol. The molecule has 0 aliphatic heterocycles. The average molecular weight is 392 g/mol. The van der Waals surface area contributed by atoms with Gasteiger partial charge in [0.2, 0.25) is 0 Å². The second-order valence-corrected chi connectivity index (χ2v) is 5.40. The molecule has 0 aromatic carbocycles. The van der Waals surface area contributed by atoms with Crippen LogP contribution < -0.4 is 0 Å². The molecule has 0 aromatic rings. The van der Waals surface area contributed by atoms with Crippen LogP contribution >= 0.6 is 0 Å². The molecule has 0 aliphatic rings. The van der Waals surface area contributed by atoms with Gasteiger partial charge in [0, 0.05) is 6.42 Å². The van der Waals surface area contributed by atoms with Crippen LogP contribution in [0.15, 0.2) is 12.7 Å². The first-order valence-corrected chi connectivity index (χ1v) is 9.54. The molecule has 0 fully saturated rings. The molecule has 0 saturated heterocycles. The number of hydrogen-bond donors (Lipinski definition) is 0. The van der Waals surface area contributed by atoms with Gasteiger partial charge in [-0.25, -0.2) is 0 Å². The summed E-state index contributed by atoms with van der Waals surface area (Å²) < 4.78 is 36.9. The summed E-state index contributed by atoms with van der Waals surface area (Å²) in [5.74, 6) is -0.181. The highest BCUT2D eigenvalue weighted by Crippen LogP contribution is 1.91. The first-order chi connectivity index (χ1) is 13.3. The minimum Gasteiger partial charge on any atom is -0.463 e. The summed E-state index contributed by atoms with van der Waals surface area (Å²) in [6.45, 7) is 11.9. The molecule has 0 bridgehead atoms. The number of esters is 1. The van der Waals surface area contributed by atoms with Gasteiger partial charge in [0.15, 0.2) is 0 Å². The quantitative estimate of drug-likeness (QED) is 0.156. The largest absolute Gasteiger partial charge is 0.463 e. The number of carbonyl (C=O) groups is 1. The second kappa shape index (κ2) is 23.0. The minimum atomic E-state index is -0.181. The lowest BCUT2D eigenvalue weighted by molar-refractivity contribution is -0.145. The van der Waals surface area contributed by atoms with Crippen molar-refractivity contribution in [2.45, 2.75) is 19.8 Å². The molecule has 0 N–H and O–H groups in total. The molecular formula is C19H36O8. The van der Waals surface area contributed by atoms with Gasteiger partial charge in [0.25, 0.3) is 0 Å². The fourth-order valence-corrected chi connectivity index (χ4v) is 1.76. The standard InChI is InChI=1S/C19H36O8/c1-3-5-19(20)27-18-17-26-16-15-25-14-13-24-12-11-23-10-9-22-8-7-21-6-4-2/h4H,2-3,5-18H2,1H3. The van der Waals surface area contributed by atoms with Crippen molar-refractivity contribution < 1.29 is 38.0 Å². The van der Waals surface area contributed by atoms with E-state index in [0.29, 0.717) is 85.7 Å². The normalized spacial score (nSPS) is 10.9. The maximum Gasteiger partial charge on any atom is 0.305 e. The molecule has 0 radical (unpaired) electrons. The zero-order chi connectivity index (χ0) is 19.8. The molecule has 0 unspecified atom stereocenters. The van der Waals surface area contributed by atoms with Crippen molar-refractivity contribution in [3.63, 3.8) is 0 Å². The van der Waals surface area contributed by atoms with Crippen LogP contribution in [0.3, 0.4) is 0 Å². The van der Waals surface area contributed by atoms with Crippen LogP contribution in [0.2, 0.25) is 0 Å². The lowest BCUT2D eigenvalue weighted by Crippen LogP contribution is -2.15. The van der Waals surface area contributed by atoms with E-state index in [1.165, 1.54) is 0 Å². The summed E-state index contributed by atoms with van der Waals surface area (Å²) in [6.07, 6.45) is 2.95. The Hall–Kier alpha value is -1.03. The van der Waals surface area contributed by atoms with Gasteiger partial charge in [0.05, 0.1) is 79.3 Å². The number of carbonyl (C=O) groups excluding carboxylic acids is 1. The third kappa shape index (κ3) is 22.9. The second-order valence-electron chi connectivity index (χ2n) is 5.40. The van der Waals surface area contributed by atoms with Gasteiger partial charge in [-0.05, 0) is 6.42 Å². The van der Waals surface area contributed by atoms with Crippen molar-refractivity contribution in [3.05, 3.63) is 12.7 Å². The summed E-state index contributed by atoms with van der Waals surface area (Å²) in [5, 5.41) is 0. The average Bonchev–Trinajstić information content (AvgIpc) is 2.66. The van der Waals surface area contributed by atoms with Crippen LogP contribution in [0, 0.1) is 0 Å². The topological polar surface area (TPSA) is 81.7 Å². The first-order valence-electron chi connectivity index (χ1n) is 9.54. The van der Waals surface area contributed by atoms with E-state index >= 15 is 0 Å². The van der Waals surface area contributed by atoms with Crippen LogP contribution in [-0.2, 0) is 38.0 Å². The van der Waals surface area contributed by atoms with Crippen molar-refractivity contribution in [1.29, 1.82) is 0 Å². The maximum atomic E-state index is 11.1. The zero-order valence-corrected chi connectivity index (χ0v) is 16.7. The summed E-state index contributed by atoms with van der Waals surface area (Å²) in [4.78, 5) is 11.1. The van der Waals surface area contributed by atoms with Crippen LogP contribution in [0.4, 0.5) is 0 Å². The summed E-state index contributed by atoms with van der Waals surface area (Å²) >= 11 is 0. The van der Waals surface area contributed by atoms with E-state index in [0.717, 1.165) is 6.42 Å². The smallest absolute Gasteiger partial charge is 0.305 e. The fraction of sp³-hybridized carbons (Fsp3) is 0.842. The Morgan fingerprint density at radius 1 is 0.667 bits per heavy atom. The molecule has 0 spiro atoms. The highest BCUT2D eigenvalue weighted by Gasteiger charge is 1.99. The summed E-state index contributed by atoms with van der Waals surface area (Å²) in [5.41, 5.74) is 0. The van der Waals surface area contributed by atoms with E-state index in [4.69, 9.17) is 33.2 Å².